The predicted octanol–water partition coefficient (Wildman–Crippen LogP) is 4.66. The first-order valence-electron chi connectivity index (χ1n) is 8.99. The van der Waals surface area contributed by atoms with E-state index in [0.717, 1.165) is 42.5 Å². The molecule has 0 spiro atoms. The number of benzene rings is 2. The maximum Gasteiger partial charge on any atom is 0.207 e. The molecule has 0 aliphatic carbocycles. The molecule has 1 N–H and O–H groups in total. The van der Waals surface area contributed by atoms with Gasteiger partial charge >= 0.3 is 0 Å². The SMILES string of the molecule is O=C(CN1CCCCC1)c1c(O)n(-c2ccc(Cl)cc2)c2ccccc12. The summed E-state index contributed by atoms with van der Waals surface area (Å²) in [6, 6.07) is 14.9. The molecule has 0 atom stereocenters. The van der Waals surface area contributed by atoms with Crippen molar-refractivity contribution in [1.29, 1.82) is 0 Å². The molecular weight excluding hydrogens is 348 g/mol. The van der Waals surface area contributed by atoms with E-state index in [1.165, 1.54) is 6.42 Å². The summed E-state index contributed by atoms with van der Waals surface area (Å²) in [5.74, 6) is -0.0381. The lowest BCUT2D eigenvalue weighted by Crippen LogP contribution is -2.34. The van der Waals surface area contributed by atoms with Crippen molar-refractivity contribution in [1.82, 2.24) is 9.47 Å². The third kappa shape index (κ3) is 3.11. The Morgan fingerprint density at radius 1 is 1.00 bits per heavy atom. The van der Waals surface area contributed by atoms with Gasteiger partial charge in [-0.1, -0.05) is 36.2 Å². The Hall–Kier alpha value is -2.30. The zero-order valence-corrected chi connectivity index (χ0v) is 15.2. The molecule has 2 heterocycles. The van der Waals surface area contributed by atoms with Gasteiger partial charge in [0.15, 0.2) is 5.78 Å². The molecule has 0 bridgehead atoms. The maximum atomic E-state index is 13.0. The van der Waals surface area contributed by atoms with E-state index < -0.39 is 0 Å². The van der Waals surface area contributed by atoms with Crippen LogP contribution in [-0.2, 0) is 0 Å². The molecule has 3 aromatic rings. The van der Waals surface area contributed by atoms with Crippen LogP contribution >= 0.6 is 11.6 Å². The number of carbonyl (C=O) groups excluding carboxylic acids is 1. The van der Waals surface area contributed by atoms with Crippen LogP contribution in [-0.4, -0.2) is 40.0 Å². The number of halogens is 1. The Bertz CT molecular complexity index is 941. The number of aromatic hydroxyl groups is 1. The number of hydrogen-bond donors (Lipinski definition) is 1. The van der Waals surface area contributed by atoms with E-state index in [1.54, 1.807) is 16.7 Å². The fourth-order valence-corrected chi connectivity index (χ4v) is 3.88. The number of nitrogens with zero attached hydrogens (tertiary/aromatic N) is 2. The second kappa shape index (κ2) is 7.14. The van der Waals surface area contributed by atoms with Gasteiger partial charge in [0.1, 0.15) is 0 Å². The summed E-state index contributed by atoms with van der Waals surface area (Å²) in [4.78, 5) is 15.2. The van der Waals surface area contributed by atoms with Crippen molar-refractivity contribution < 1.29 is 9.90 Å². The van der Waals surface area contributed by atoms with E-state index >= 15 is 0 Å². The van der Waals surface area contributed by atoms with Crippen LogP contribution < -0.4 is 0 Å². The molecule has 0 amide bonds. The van der Waals surface area contributed by atoms with Crippen molar-refractivity contribution in [2.75, 3.05) is 19.6 Å². The molecule has 5 heteroatoms. The lowest BCUT2D eigenvalue weighted by Gasteiger charge is -2.25. The van der Waals surface area contributed by atoms with Crippen LogP contribution in [0.2, 0.25) is 5.02 Å². The van der Waals surface area contributed by atoms with E-state index in [0.29, 0.717) is 17.1 Å². The summed E-state index contributed by atoms with van der Waals surface area (Å²) in [5, 5.41) is 12.3. The summed E-state index contributed by atoms with van der Waals surface area (Å²) in [6.07, 6.45) is 3.49. The second-order valence-electron chi connectivity index (χ2n) is 6.79. The van der Waals surface area contributed by atoms with Crippen LogP contribution in [0.5, 0.6) is 5.88 Å². The molecule has 0 radical (unpaired) electrons. The van der Waals surface area contributed by atoms with Gasteiger partial charge in [-0.3, -0.25) is 14.3 Å². The number of likely N-dealkylation sites (tertiary alicyclic amines) is 1. The smallest absolute Gasteiger partial charge is 0.207 e. The second-order valence-corrected chi connectivity index (χ2v) is 7.22. The molecule has 0 unspecified atom stereocenters. The lowest BCUT2D eigenvalue weighted by molar-refractivity contribution is 0.0914. The fourth-order valence-electron chi connectivity index (χ4n) is 3.75. The monoisotopic (exact) mass is 368 g/mol. The number of Topliss-reactive ketones (excluding diaryl/α,β-unsaturated/α-hetero) is 1. The third-order valence-corrected chi connectivity index (χ3v) is 5.28. The molecule has 1 aromatic heterocycles. The van der Waals surface area contributed by atoms with E-state index in [1.807, 2.05) is 36.4 Å². The van der Waals surface area contributed by atoms with Gasteiger partial charge in [0.25, 0.3) is 0 Å². The first-order chi connectivity index (χ1) is 12.6. The Morgan fingerprint density at radius 2 is 1.69 bits per heavy atom. The number of carbonyl (C=O) groups is 1. The van der Waals surface area contributed by atoms with Crippen LogP contribution in [0.15, 0.2) is 48.5 Å². The Kier molecular flexibility index (Phi) is 4.70. The van der Waals surface area contributed by atoms with Gasteiger partial charge in [0.2, 0.25) is 5.88 Å². The first-order valence-corrected chi connectivity index (χ1v) is 9.37. The highest BCUT2D eigenvalue weighted by Gasteiger charge is 2.25. The summed E-state index contributed by atoms with van der Waals surface area (Å²) >= 11 is 5.99. The molecule has 2 aromatic carbocycles. The first kappa shape index (κ1) is 17.1. The minimum absolute atomic E-state index is 0.00414. The number of para-hydroxylation sites is 1. The Labute approximate surface area is 157 Å². The summed E-state index contributed by atoms with van der Waals surface area (Å²) in [6.45, 7) is 2.24. The van der Waals surface area contributed by atoms with Gasteiger partial charge < -0.3 is 5.11 Å². The zero-order valence-electron chi connectivity index (χ0n) is 14.5. The minimum Gasteiger partial charge on any atom is -0.494 e. The van der Waals surface area contributed by atoms with E-state index in [2.05, 4.69) is 4.90 Å². The predicted molar refractivity (Wildman–Crippen MR) is 105 cm³/mol. The highest BCUT2D eigenvalue weighted by atomic mass is 35.5. The molecule has 0 saturated carbocycles. The maximum absolute atomic E-state index is 13.0. The van der Waals surface area contributed by atoms with E-state index in [9.17, 15) is 9.90 Å². The molecule has 134 valence electrons. The number of rotatable bonds is 4. The topological polar surface area (TPSA) is 45.5 Å². The number of aromatic nitrogens is 1. The van der Waals surface area contributed by atoms with Crippen LogP contribution in [0.4, 0.5) is 0 Å². The Morgan fingerprint density at radius 3 is 2.42 bits per heavy atom. The molecule has 4 rings (SSSR count). The third-order valence-electron chi connectivity index (χ3n) is 5.03. The van der Waals surface area contributed by atoms with Crippen molar-refractivity contribution in [2.45, 2.75) is 19.3 Å². The number of hydrogen-bond acceptors (Lipinski definition) is 3. The standard InChI is InChI=1S/C21H21ClN2O2/c22-15-8-10-16(11-9-15)24-18-7-3-2-6-17(18)20(21(24)26)19(25)14-23-12-4-1-5-13-23/h2-3,6-11,26H,1,4-5,12-14H2. The summed E-state index contributed by atoms with van der Waals surface area (Å²) in [7, 11) is 0. The van der Waals surface area contributed by atoms with Crippen molar-refractivity contribution in [3.8, 4) is 11.6 Å². The highest BCUT2D eigenvalue weighted by Crippen LogP contribution is 2.35. The quantitative estimate of drug-likeness (QED) is 0.681. The van der Waals surface area contributed by atoms with Gasteiger partial charge in [-0.05, 0) is 56.3 Å². The molecule has 1 aliphatic rings. The van der Waals surface area contributed by atoms with Crippen LogP contribution in [0.1, 0.15) is 29.6 Å². The van der Waals surface area contributed by atoms with Crippen molar-refractivity contribution in [3.63, 3.8) is 0 Å². The van der Waals surface area contributed by atoms with Gasteiger partial charge in [-0.15, -0.1) is 0 Å². The van der Waals surface area contributed by atoms with Gasteiger partial charge in [0.05, 0.1) is 17.6 Å². The number of fused-ring (bicyclic) bond motifs is 1. The molecule has 1 aliphatic heterocycles. The van der Waals surface area contributed by atoms with Gasteiger partial charge in [0, 0.05) is 16.1 Å². The molecule has 1 saturated heterocycles. The molecule has 1 fully saturated rings. The molecule has 26 heavy (non-hydrogen) atoms. The van der Waals surface area contributed by atoms with Gasteiger partial charge in [-0.25, -0.2) is 0 Å². The Balaban J connectivity index is 1.78. The highest BCUT2D eigenvalue weighted by molar-refractivity contribution is 6.30. The minimum atomic E-state index is -0.0340. The summed E-state index contributed by atoms with van der Waals surface area (Å²) < 4.78 is 1.72. The normalized spacial score (nSPS) is 15.4. The lowest BCUT2D eigenvalue weighted by atomic mass is 10.1. The van der Waals surface area contributed by atoms with Crippen LogP contribution in [0.3, 0.4) is 0 Å². The molecular formula is C21H21ClN2O2. The van der Waals surface area contributed by atoms with E-state index in [4.69, 9.17) is 11.6 Å². The number of piperidine rings is 1. The fraction of sp³-hybridized carbons (Fsp3) is 0.286. The van der Waals surface area contributed by atoms with Crippen molar-refractivity contribution in [3.05, 3.63) is 59.1 Å². The zero-order chi connectivity index (χ0) is 18.1. The largest absolute Gasteiger partial charge is 0.494 e. The molecule has 4 nitrogen and oxygen atoms in total. The van der Waals surface area contributed by atoms with E-state index in [-0.39, 0.29) is 11.7 Å². The van der Waals surface area contributed by atoms with Crippen molar-refractivity contribution >= 4 is 28.3 Å². The van der Waals surface area contributed by atoms with Crippen LogP contribution in [0.25, 0.3) is 16.6 Å². The average molecular weight is 369 g/mol. The summed E-state index contributed by atoms with van der Waals surface area (Å²) in [5.41, 5.74) is 2.00. The number of ketones is 1. The van der Waals surface area contributed by atoms with Crippen LogP contribution in [0, 0.1) is 0 Å². The van der Waals surface area contributed by atoms with Gasteiger partial charge in [-0.2, -0.15) is 0 Å². The van der Waals surface area contributed by atoms with Crippen molar-refractivity contribution in [2.24, 2.45) is 0 Å². The average Bonchev–Trinajstić information content (AvgIpc) is 2.95.